The predicted octanol–water partition coefficient (Wildman–Crippen LogP) is 2.33. The lowest BCUT2D eigenvalue weighted by Crippen LogP contribution is -2.37. The summed E-state index contributed by atoms with van der Waals surface area (Å²) in [5.74, 6) is 0.00311. The molecule has 2 heterocycles. The van der Waals surface area contributed by atoms with Gasteiger partial charge in [-0.15, -0.1) is 11.3 Å². The summed E-state index contributed by atoms with van der Waals surface area (Å²) < 4.78 is 0. The summed E-state index contributed by atoms with van der Waals surface area (Å²) in [6.07, 6.45) is 4.27. The maximum absolute atomic E-state index is 12.5. The standard InChI is InChI=1S/C16H18N2O2S/c19-11-13-7-4-8-18(13)16(20)14-10-17-15(21-14)9-12-5-2-1-3-6-12/h1-3,5-6,10,13,19H,4,7-9,11H2/t13-/m1/s1. The first-order valence-corrected chi connectivity index (χ1v) is 8.00. The number of thiazole rings is 1. The summed E-state index contributed by atoms with van der Waals surface area (Å²) in [7, 11) is 0. The lowest BCUT2D eigenvalue weighted by molar-refractivity contribution is 0.0682. The number of amides is 1. The molecule has 1 aliphatic heterocycles. The summed E-state index contributed by atoms with van der Waals surface area (Å²) in [6, 6.07) is 10.1. The van der Waals surface area contributed by atoms with Crippen molar-refractivity contribution in [3.8, 4) is 0 Å². The molecule has 1 atom stereocenters. The van der Waals surface area contributed by atoms with E-state index in [-0.39, 0.29) is 18.6 Å². The predicted molar refractivity (Wildman–Crippen MR) is 82.5 cm³/mol. The van der Waals surface area contributed by atoms with Crippen molar-refractivity contribution in [2.24, 2.45) is 0 Å². The van der Waals surface area contributed by atoms with Gasteiger partial charge in [-0.05, 0) is 18.4 Å². The molecule has 0 aliphatic carbocycles. The van der Waals surface area contributed by atoms with Crippen LogP contribution in [0.25, 0.3) is 0 Å². The minimum absolute atomic E-state index is 0.00311. The van der Waals surface area contributed by atoms with Crippen LogP contribution < -0.4 is 0 Å². The minimum atomic E-state index is -0.0304. The molecule has 1 fully saturated rings. The average Bonchev–Trinajstić information content (AvgIpc) is 3.16. The number of carbonyl (C=O) groups excluding carboxylic acids is 1. The zero-order chi connectivity index (χ0) is 14.7. The molecule has 0 unspecified atom stereocenters. The molecule has 1 amide bonds. The van der Waals surface area contributed by atoms with Crippen molar-refractivity contribution in [3.05, 3.63) is 52.0 Å². The largest absolute Gasteiger partial charge is 0.394 e. The topological polar surface area (TPSA) is 53.4 Å². The van der Waals surface area contributed by atoms with Gasteiger partial charge in [0, 0.05) is 13.0 Å². The Bertz CT molecular complexity index is 612. The Morgan fingerprint density at radius 3 is 2.95 bits per heavy atom. The second-order valence-electron chi connectivity index (χ2n) is 5.26. The van der Waals surface area contributed by atoms with Crippen LogP contribution in [-0.4, -0.2) is 40.1 Å². The number of aliphatic hydroxyl groups excluding tert-OH is 1. The van der Waals surface area contributed by atoms with Crippen molar-refractivity contribution in [2.75, 3.05) is 13.2 Å². The molecule has 0 radical (unpaired) electrons. The molecular weight excluding hydrogens is 284 g/mol. The van der Waals surface area contributed by atoms with E-state index in [2.05, 4.69) is 17.1 Å². The summed E-state index contributed by atoms with van der Waals surface area (Å²) in [5, 5.41) is 10.3. The lowest BCUT2D eigenvalue weighted by atomic mass is 10.2. The van der Waals surface area contributed by atoms with E-state index in [1.54, 1.807) is 11.1 Å². The van der Waals surface area contributed by atoms with E-state index >= 15 is 0 Å². The van der Waals surface area contributed by atoms with E-state index in [0.29, 0.717) is 4.88 Å². The third-order valence-electron chi connectivity index (χ3n) is 3.81. The molecule has 0 bridgehead atoms. The highest BCUT2D eigenvalue weighted by Gasteiger charge is 2.29. The van der Waals surface area contributed by atoms with Crippen LogP contribution in [0.3, 0.4) is 0 Å². The molecule has 5 heteroatoms. The van der Waals surface area contributed by atoms with E-state index in [1.807, 2.05) is 18.2 Å². The summed E-state index contributed by atoms with van der Waals surface area (Å²) in [4.78, 5) is 19.3. The first-order chi connectivity index (χ1) is 10.3. The van der Waals surface area contributed by atoms with Gasteiger partial charge in [0.25, 0.3) is 5.91 Å². The number of rotatable bonds is 4. The van der Waals surface area contributed by atoms with E-state index in [9.17, 15) is 9.90 Å². The van der Waals surface area contributed by atoms with Crippen LogP contribution in [0.4, 0.5) is 0 Å². The summed E-state index contributed by atoms with van der Waals surface area (Å²) in [6.45, 7) is 0.775. The fourth-order valence-corrected chi connectivity index (χ4v) is 3.60. The zero-order valence-electron chi connectivity index (χ0n) is 11.7. The number of hydrogen-bond acceptors (Lipinski definition) is 4. The zero-order valence-corrected chi connectivity index (χ0v) is 12.6. The van der Waals surface area contributed by atoms with Gasteiger partial charge in [0.15, 0.2) is 0 Å². The summed E-state index contributed by atoms with van der Waals surface area (Å²) in [5.41, 5.74) is 1.19. The lowest BCUT2D eigenvalue weighted by Gasteiger charge is -2.21. The monoisotopic (exact) mass is 302 g/mol. The molecule has 3 rings (SSSR count). The average molecular weight is 302 g/mol. The Kier molecular flexibility index (Phi) is 4.31. The smallest absolute Gasteiger partial charge is 0.265 e. The number of carbonyl (C=O) groups is 1. The third-order valence-corrected chi connectivity index (χ3v) is 4.80. The first kappa shape index (κ1) is 14.2. The molecule has 1 aromatic heterocycles. The Morgan fingerprint density at radius 2 is 2.19 bits per heavy atom. The quantitative estimate of drug-likeness (QED) is 0.943. The molecule has 0 saturated carbocycles. The Balaban J connectivity index is 1.71. The van der Waals surface area contributed by atoms with E-state index in [0.717, 1.165) is 30.8 Å². The highest BCUT2D eigenvalue weighted by atomic mass is 32.1. The van der Waals surface area contributed by atoms with Gasteiger partial charge in [0.2, 0.25) is 0 Å². The number of aromatic nitrogens is 1. The van der Waals surface area contributed by atoms with Gasteiger partial charge < -0.3 is 10.0 Å². The number of nitrogens with zero attached hydrogens (tertiary/aromatic N) is 2. The van der Waals surface area contributed by atoms with Crippen LogP contribution in [-0.2, 0) is 6.42 Å². The van der Waals surface area contributed by atoms with Gasteiger partial charge in [-0.1, -0.05) is 30.3 Å². The summed E-state index contributed by atoms with van der Waals surface area (Å²) >= 11 is 1.45. The first-order valence-electron chi connectivity index (χ1n) is 7.18. The van der Waals surface area contributed by atoms with Gasteiger partial charge >= 0.3 is 0 Å². The van der Waals surface area contributed by atoms with Gasteiger partial charge in [-0.25, -0.2) is 4.98 Å². The molecule has 1 aromatic carbocycles. The van der Waals surface area contributed by atoms with Gasteiger partial charge in [-0.2, -0.15) is 0 Å². The van der Waals surface area contributed by atoms with Crippen molar-refractivity contribution < 1.29 is 9.90 Å². The van der Waals surface area contributed by atoms with Crippen molar-refractivity contribution in [1.29, 1.82) is 0 Å². The minimum Gasteiger partial charge on any atom is -0.394 e. The molecule has 0 spiro atoms. The van der Waals surface area contributed by atoms with Gasteiger partial charge in [0.1, 0.15) is 4.88 Å². The second-order valence-corrected chi connectivity index (χ2v) is 6.37. The highest BCUT2D eigenvalue weighted by molar-refractivity contribution is 7.13. The van der Waals surface area contributed by atoms with Gasteiger partial charge in [-0.3, -0.25) is 4.79 Å². The number of hydrogen-bond donors (Lipinski definition) is 1. The van der Waals surface area contributed by atoms with Crippen molar-refractivity contribution >= 4 is 17.2 Å². The van der Waals surface area contributed by atoms with Crippen LogP contribution in [0.1, 0.15) is 33.1 Å². The van der Waals surface area contributed by atoms with Gasteiger partial charge in [0.05, 0.1) is 23.9 Å². The molecule has 2 aromatic rings. The normalized spacial score (nSPS) is 18.1. The fourth-order valence-electron chi connectivity index (χ4n) is 2.70. The van der Waals surface area contributed by atoms with Crippen LogP contribution in [0, 0.1) is 0 Å². The Hall–Kier alpha value is -1.72. The van der Waals surface area contributed by atoms with Crippen molar-refractivity contribution in [2.45, 2.75) is 25.3 Å². The Labute approximate surface area is 128 Å². The van der Waals surface area contributed by atoms with Crippen LogP contribution in [0.15, 0.2) is 36.5 Å². The molecule has 21 heavy (non-hydrogen) atoms. The second kappa shape index (κ2) is 6.37. The van der Waals surface area contributed by atoms with E-state index in [1.165, 1.54) is 16.9 Å². The molecule has 4 nitrogen and oxygen atoms in total. The third kappa shape index (κ3) is 3.14. The van der Waals surface area contributed by atoms with Crippen molar-refractivity contribution in [3.63, 3.8) is 0 Å². The molecule has 1 saturated heterocycles. The molecule has 1 aliphatic rings. The van der Waals surface area contributed by atoms with Crippen LogP contribution in [0.2, 0.25) is 0 Å². The maximum atomic E-state index is 12.5. The van der Waals surface area contributed by atoms with Crippen LogP contribution in [0.5, 0.6) is 0 Å². The molecule has 110 valence electrons. The fraction of sp³-hybridized carbons (Fsp3) is 0.375. The highest BCUT2D eigenvalue weighted by Crippen LogP contribution is 2.23. The number of likely N-dealkylation sites (tertiary alicyclic amines) is 1. The Morgan fingerprint density at radius 1 is 1.38 bits per heavy atom. The van der Waals surface area contributed by atoms with E-state index < -0.39 is 0 Å². The molecule has 1 N–H and O–H groups in total. The van der Waals surface area contributed by atoms with E-state index in [4.69, 9.17) is 0 Å². The number of aliphatic hydroxyl groups is 1. The maximum Gasteiger partial charge on any atom is 0.265 e. The van der Waals surface area contributed by atoms with Crippen LogP contribution >= 0.6 is 11.3 Å². The van der Waals surface area contributed by atoms with Crippen molar-refractivity contribution in [1.82, 2.24) is 9.88 Å². The number of benzene rings is 1. The molecular formula is C16H18N2O2S. The SMILES string of the molecule is O=C(c1cnc(Cc2ccccc2)s1)N1CCC[C@@H]1CO.